The zero-order valence-corrected chi connectivity index (χ0v) is 10.1. The molecule has 16 heavy (non-hydrogen) atoms. The summed E-state index contributed by atoms with van der Waals surface area (Å²) in [6.45, 7) is 0. The highest BCUT2D eigenvalue weighted by atomic mass is 79.9. The van der Waals surface area contributed by atoms with E-state index in [0.29, 0.717) is 21.4 Å². The van der Waals surface area contributed by atoms with E-state index in [1.165, 1.54) is 4.68 Å². The highest BCUT2D eigenvalue weighted by molar-refractivity contribution is 9.10. The molecule has 1 N–H and O–H groups in total. The van der Waals surface area contributed by atoms with Gasteiger partial charge in [0, 0.05) is 12.6 Å². The quantitative estimate of drug-likeness (QED) is 0.860. The maximum absolute atomic E-state index is 10.8. The highest BCUT2D eigenvalue weighted by Crippen LogP contribution is 2.34. The van der Waals surface area contributed by atoms with Crippen LogP contribution in [-0.4, -0.2) is 21.2 Å². The predicted octanol–water partition coefficient (Wildman–Crippen LogP) is 2.37. The fourth-order valence-corrected chi connectivity index (χ4v) is 2.13. The Morgan fingerprint density at radius 3 is 2.69 bits per heavy atom. The lowest BCUT2D eigenvalue weighted by Crippen LogP contribution is -1.96. The summed E-state index contributed by atoms with van der Waals surface area (Å²) < 4.78 is 2.06. The molecule has 2 rings (SSSR count). The van der Waals surface area contributed by atoms with Crippen LogP contribution in [-0.2, 0) is 7.05 Å². The van der Waals surface area contributed by atoms with Crippen molar-refractivity contribution in [2.24, 2.45) is 7.05 Å². The van der Waals surface area contributed by atoms with Crippen LogP contribution < -0.4 is 0 Å². The molecular formula is C11H9BrN2O2. The second-order valence-corrected chi connectivity index (χ2v) is 4.10. The van der Waals surface area contributed by atoms with E-state index < -0.39 is 0 Å². The Labute approximate surface area is 101 Å². The number of carbonyl (C=O) groups is 1. The lowest BCUT2D eigenvalue weighted by atomic mass is 10.1. The molecule has 0 saturated carbocycles. The minimum atomic E-state index is 0.138. The van der Waals surface area contributed by atoms with Crippen LogP contribution in [0.4, 0.5) is 0 Å². The number of aromatic nitrogens is 2. The van der Waals surface area contributed by atoms with E-state index in [4.69, 9.17) is 0 Å². The van der Waals surface area contributed by atoms with Gasteiger partial charge in [-0.15, -0.1) is 0 Å². The van der Waals surface area contributed by atoms with E-state index in [9.17, 15) is 9.90 Å². The van der Waals surface area contributed by atoms with Crippen molar-refractivity contribution >= 4 is 22.2 Å². The van der Waals surface area contributed by atoms with Crippen molar-refractivity contribution < 1.29 is 9.90 Å². The molecule has 1 heterocycles. The first-order chi connectivity index (χ1) is 7.65. The summed E-state index contributed by atoms with van der Waals surface area (Å²) in [7, 11) is 1.68. The maximum atomic E-state index is 10.8. The molecule has 0 aliphatic heterocycles. The third-order valence-electron chi connectivity index (χ3n) is 2.30. The molecule has 0 saturated heterocycles. The van der Waals surface area contributed by atoms with Crippen molar-refractivity contribution in [1.82, 2.24) is 9.78 Å². The van der Waals surface area contributed by atoms with Gasteiger partial charge in [-0.2, -0.15) is 5.10 Å². The summed E-state index contributed by atoms with van der Waals surface area (Å²) in [4.78, 5) is 10.8. The standard InChI is InChI=1S/C11H9BrN2O2/c1-14-8(6-15)10(12)11(13-14)7-4-2-3-5-9(7)16/h2-6,16H,1H3. The molecule has 0 unspecified atom stereocenters. The van der Waals surface area contributed by atoms with Crippen molar-refractivity contribution in [3.8, 4) is 17.0 Å². The molecular weight excluding hydrogens is 272 g/mol. The normalized spacial score (nSPS) is 10.4. The molecule has 2 aromatic rings. The number of aldehydes is 1. The highest BCUT2D eigenvalue weighted by Gasteiger charge is 2.16. The average Bonchev–Trinajstić information content (AvgIpc) is 2.55. The molecule has 82 valence electrons. The molecule has 0 fully saturated rings. The van der Waals surface area contributed by atoms with Gasteiger partial charge in [0.2, 0.25) is 0 Å². The Balaban J connectivity index is 2.66. The third-order valence-corrected chi connectivity index (χ3v) is 3.08. The Hall–Kier alpha value is -1.62. The van der Waals surface area contributed by atoms with E-state index in [1.54, 1.807) is 31.3 Å². The Kier molecular flexibility index (Phi) is 2.78. The number of carbonyl (C=O) groups excluding carboxylic acids is 1. The molecule has 0 aliphatic rings. The Bertz CT molecular complexity index is 549. The number of aromatic hydroxyl groups is 1. The molecule has 5 heteroatoms. The number of benzene rings is 1. The van der Waals surface area contributed by atoms with E-state index in [1.807, 2.05) is 0 Å². The second kappa shape index (κ2) is 4.09. The number of para-hydroxylation sites is 1. The summed E-state index contributed by atoms with van der Waals surface area (Å²) in [5.41, 5.74) is 1.60. The largest absolute Gasteiger partial charge is 0.507 e. The van der Waals surface area contributed by atoms with Crippen LogP contribution in [0.25, 0.3) is 11.3 Å². The molecule has 0 aliphatic carbocycles. The van der Waals surface area contributed by atoms with Gasteiger partial charge in [-0.3, -0.25) is 9.48 Å². The minimum absolute atomic E-state index is 0.138. The molecule has 0 atom stereocenters. The molecule has 0 bridgehead atoms. The van der Waals surface area contributed by atoms with Crippen LogP contribution in [0.1, 0.15) is 10.5 Å². The fraction of sp³-hybridized carbons (Fsp3) is 0.0909. The van der Waals surface area contributed by atoms with Gasteiger partial charge in [-0.1, -0.05) is 12.1 Å². The number of rotatable bonds is 2. The molecule has 0 radical (unpaired) electrons. The molecule has 0 spiro atoms. The van der Waals surface area contributed by atoms with Crippen LogP contribution in [0, 0.1) is 0 Å². The number of hydrogen-bond donors (Lipinski definition) is 1. The Morgan fingerprint density at radius 1 is 1.44 bits per heavy atom. The van der Waals surface area contributed by atoms with Gasteiger partial charge < -0.3 is 5.11 Å². The van der Waals surface area contributed by atoms with Gasteiger partial charge in [0.25, 0.3) is 0 Å². The first-order valence-electron chi connectivity index (χ1n) is 4.61. The van der Waals surface area contributed by atoms with Crippen molar-refractivity contribution in [3.05, 3.63) is 34.4 Å². The first kappa shape index (κ1) is 10.9. The second-order valence-electron chi connectivity index (χ2n) is 3.31. The maximum Gasteiger partial charge on any atom is 0.169 e. The van der Waals surface area contributed by atoms with Crippen LogP contribution in [0.15, 0.2) is 28.7 Å². The summed E-state index contributed by atoms with van der Waals surface area (Å²) in [5.74, 6) is 0.138. The van der Waals surface area contributed by atoms with Gasteiger partial charge in [-0.05, 0) is 28.1 Å². The van der Waals surface area contributed by atoms with Crippen molar-refractivity contribution in [3.63, 3.8) is 0 Å². The lowest BCUT2D eigenvalue weighted by molar-refractivity contribution is 0.111. The fourth-order valence-electron chi connectivity index (χ4n) is 1.49. The predicted molar refractivity (Wildman–Crippen MR) is 63.4 cm³/mol. The zero-order chi connectivity index (χ0) is 11.7. The Morgan fingerprint density at radius 2 is 2.12 bits per heavy atom. The molecule has 0 amide bonds. The first-order valence-corrected chi connectivity index (χ1v) is 5.40. The van der Waals surface area contributed by atoms with Crippen LogP contribution in [0.3, 0.4) is 0 Å². The van der Waals surface area contributed by atoms with Gasteiger partial charge in [0.15, 0.2) is 6.29 Å². The summed E-state index contributed by atoms with van der Waals surface area (Å²) >= 11 is 3.31. The number of phenols is 1. The van der Waals surface area contributed by atoms with Gasteiger partial charge in [-0.25, -0.2) is 0 Å². The van der Waals surface area contributed by atoms with Gasteiger partial charge >= 0.3 is 0 Å². The van der Waals surface area contributed by atoms with Crippen molar-refractivity contribution in [1.29, 1.82) is 0 Å². The number of aryl methyl sites for hydroxylation is 1. The van der Waals surface area contributed by atoms with Gasteiger partial charge in [0.1, 0.15) is 17.1 Å². The molecule has 1 aromatic carbocycles. The smallest absolute Gasteiger partial charge is 0.169 e. The van der Waals surface area contributed by atoms with Crippen LogP contribution >= 0.6 is 15.9 Å². The van der Waals surface area contributed by atoms with E-state index in [-0.39, 0.29) is 5.75 Å². The molecule has 4 nitrogen and oxygen atoms in total. The van der Waals surface area contributed by atoms with E-state index >= 15 is 0 Å². The summed E-state index contributed by atoms with van der Waals surface area (Å²) in [6, 6.07) is 6.86. The third kappa shape index (κ3) is 1.63. The SMILES string of the molecule is Cn1nc(-c2ccccc2O)c(Br)c1C=O. The number of halogens is 1. The van der Waals surface area contributed by atoms with Crippen molar-refractivity contribution in [2.45, 2.75) is 0 Å². The van der Waals surface area contributed by atoms with E-state index in [0.717, 1.165) is 6.29 Å². The summed E-state index contributed by atoms with van der Waals surface area (Å²) in [5, 5.41) is 13.9. The monoisotopic (exact) mass is 280 g/mol. The number of phenolic OH excluding ortho intramolecular Hbond substituents is 1. The topological polar surface area (TPSA) is 55.1 Å². The van der Waals surface area contributed by atoms with Crippen molar-refractivity contribution in [2.75, 3.05) is 0 Å². The number of nitrogens with zero attached hydrogens (tertiary/aromatic N) is 2. The van der Waals surface area contributed by atoms with Crippen LogP contribution in [0.5, 0.6) is 5.75 Å². The number of hydrogen-bond acceptors (Lipinski definition) is 3. The van der Waals surface area contributed by atoms with E-state index in [2.05, 4.69) is 21.0 Å². The molecule has 1 aromatic heterocycles. The minimum Gasteiger partial charge on any atom is -0.507 e. The average molecular weight is 281 g/mol. The van der Waals surface area contributed by atoms with Gasteiger partial charge in [0.05, 0.1) is 4.47 Å². The van der Waals surface area contributed by atoms with Crippen LogP contribution in [0.2, 0.25) is 0 Å². The summed E-state index contributed by atoms with van der Waals surface area (Å²) in [6.07, 6.45) is 0.723. The zero-order valence-electron chi connectivity index (χ0n) is 8.51. The lowest BCUT2D eigenvalue weighted by Gasteiger charge is -2.00.